The molecule has 1 heteroatoms. The lowest BCUT2D eigenvalue weighted by Gasteiger charge is -2.60. The van der Waals surface area contributed by atoms with Crippen LogP contribution in [0.4, 0.5) is 0 Å². The van der Waals surface area contributed by atoms with E-state index < -0.39 is 0 Å². The molecule has 2 N–H and O–H groups in total. The zero-order valence-electron chi connectivity index (χ0n) is 16.5. The van der Waals surface area contributed by atoms with Gasteiger partial charge in [-0.3, -0.25) is 0 Å². The molecule has 4 saturated carbocycles. The highest BCUT2D eigenvalue weighted by Gasteiger charge is 2.59. The first-order valence-electron chi connectivity index (χ1n) is 11.2. The van der Waals surface area contributed by atoms with E-state index >= 15 is 0 Å². The van der Waals surface area contributed by atoms with Gasteiger partial charge in [0.25, 0.3) is 0 Å². The maximum absolute atomic E-state index is 6.08. The molecule has 4 fully saturated rings. The topological polar surface area (TPSA) is 26.0 Å². The normalized spacial score (nSPS) is 52.2. The van der Waals surface area contributed by atoms with Gasteiger partial charge in [0, 0.05) is 6.04 Å². The van der Waals surface area contributed by atoms with Crippen LogP contribution in [0.5, 0.6) is 0 Å². The minimum atomic E-state index is 0.389. The number of hydrogen-bond donors (Lipinski definition) is 1. The summed E-state index contributed by atoms with van der Waals surface area (Å²) in [7, 11) is 0. The van der Waals surface area contributed by atoms with Crippen LogP contribution in [-0.2, 0) is 0 Å². The lowest BCUT2D eigenvalue weighted by Crippen LogP contribution is -2.52. The number of rotatable bonds is 3. The molecule has 0 saturated heterocycles. The molecule has 0 aromatic rings. The summed E-state index contributed by atoms with van der Waals surface area (Å²) < 4.78 is 0. The molecule has 4 aliphatic carbocycles. The van der Waals surface area contributed by atoms with E-state index in [-0.39, 0.29) is 0 Å². The Morgan fingerprint density at radius 1 is 0.875 bits per heavy atom. The minimum absolute atomic E-state index is 0.389. The van der Waals surface area contributed by atoms with Crippen LogP contribution in [0.15, 0.2) is 0 Å². The first-order chi connectivity index (χ1) is 11.4. The zero-order valence-corrected chi connectivity index (χ0v) is 16.5. The van der Waals surface area contributed by atoms with E-state index in [4.69, 9.17) is 5.73 Å². The summed E-state index contributed by atoms with van der Waals surface area (Å²) in [4.78, 5) is 0. The summed E-state index contributed by atoms with van der Waals surface area (Å²) in [6, 6.07) is 0.389. The maximum Gasteiger partial charge on any atom is 0.00105 e. The van der Waals surface area contributed by atoms with Crippen LogP contribution in [0, 0.1) is 40.4 Å². The Bertz CT molecular complexity index is 457. The third-order valence-electron chi connectivity index (χ3n) is 9.75. The third-order valence-corrected chi connectivity index (χ3v) is 9.75. The fraction of sp³-hybridized carbons (Fsp3) is 1.00. The van der Waals surface area contributed by atoms with Crippen molar-refractivity contribution in [3.63, 3.8) is 0 Å². The average molecular weight is 332 g/mol. The molecular formula is C23H41N. The van der Waals surface area contributed by atoms with Gasteiger partial charge in [0.1, 0.15) is 0 Å². The Hall–Kier alpha value is -0.0400. The largest absolute Gasteiger partial charge is 0.328 e. The van der Waals surface area contributed by atoms with Gasteiger partial charge >= 0.3 is 0 Å². The highest BCUT2D eigenvalue weighted by atomic mass is 14.6. The van der Waals surface area contributed by atoms with Gasteiger partial charge in [0.05, 0.1) is 0 Å². The fourth-order valence-corrected chi connectivity index (χ4v) is 8.34. The fourth-order valence-electron chi connectivity index (χ4n) is 8.34. The molecular weight excluding hydrogens is 290 g/mol. The highest BCUT2D eigenvalue weighted by molar-refractivity contribution is 5.08. The number of fused-ring (bicyclic) bond motifs is 5. The van der Waals surface area contributed by atoms with Crippen molar-refractivity contribution in [1.29, 1.82) is 0 Å². The zero-order chi connectivity index (χ0) is 16.9. The maximum atomic E-state index is 6.08. The molecule has 8 unspecified atom stereocenters. The molecule has 0 amide bonds. The molecule has 1 nitrogen and oxygen atoms in total. The van der Waals surface area contributed by atoms with Crippen LogP contribution in [0.3, 0.4) is 0 Å². The molecule has 138 valence electrons. The number of nitrogens with two attached hydrogens (primary N) is 1. The Kier molecular flexibility index (Phi) is 4.55. The van der Waals surface area contributed by atoms with E-state index in [1.54, 1.807) is 25.7 Å². The van der Waals surface area contributed by atoms with Crippen molar-refractivity contribution in [2.45, 2.75) is 104 Å². The Labute approximate surface area is 150 Å². The second kappa shape index (κ2) is 6.29. The smallest absolute Gasteiger partial charge is 0.00105 e. The van der Waals surface area contributed by atoms with Gasteiger partial charge in [-0.1, -0.05) is 26.7 Å². The van der Waals surface area contributed by atoms with E-state index in [2.05, 4.69) is 20.8 Å². The van der Waals surface area contributed by atoms with E-state index in [0.29, 0.717) is 16.9 Å². The summed E-state index contributed by atoms with van der Waals surface area (Å²) >= 11 is 0. The number of hydrogen-bond acceptors (Lipinski definition) is 1. The highest BCUT2D eigenvalue weighted by Crippen LogP contribution is 2.67. The van der Waals surface area contributed by atoms with Crippen LogP contribution in [0.25, 0.3) is 0 Å². The third kappa shape index (κ3) is 2.60. The van der Waals surface area contributed by atoms with Gasteiger partial charge in [0.2, 0.25) is 0 Å². The molecule has 8 atom stereocenters. The molecule has 4 aliphatic rings. The van der Waals surface area contributed by atoms with Gasteiger partial charge in [-0.05, 0) is 112 Å². The molecule has 0 spiro atoms. The van der Waals surface area contributed by atoms with Crippen LogP contribution in [0.2, 0.25) is 0 Å². The summed E-state index contributed by atoms with van der Waals surface area (Å²) in [5.41, 5.74) is 7.43. The summed E-state index contributed by atoms with van der Waals surface area (Å²) in [5, 5.41) is 0. The van der Waals surface area contributed by atoms with E-state index in [9.17, 15) is 0 Å². The first kappa shape index (κ1) is 17.4. The molecule has 0 bridgehead atoms. The quantitative estimate of drug-likeness (QED) is 0.658. The lowest BCUT2D eigenvalue weighted by atomic mass is 9.45. The van der Waals surface area contributed by atoms with Crippen molar-refractivity contribution < 1.29 is 0 Å². The Morgan fingerprint density at radius 3 is 2.46 bits per heavy atom. The van der Waals surface area contributed by atoms with Gasteiger partial charge in [-0.15, -0.1) is 0 Å². The summed E-state index contributed by atoms with van der Waals surface area (Å²) in [5.74, 6) is 5.18. The summed E-state index contributed by atoms with van der Waals surface area (Å²) in [6.45, 7) is 7.58. The van der Waals surface area contributed by atoms with Crippen molar-refractivity contribution in [3.05, 3.63) is 0 Å². The molecule has 0 radical (unpaired) electrons. The standard InChI is InChI=1S/C23H41N/c1-16(24)7-8-18-10-12-20-19-11-9-17-6-4-5-14-22(17,2)21(19)13-15-23(18,20)3/h16-21H,4-15,24H2,1-3H3. The predicted molar refractivity (Wildman–Crippen MR) is 103 cm³/mol. The van der Waals surface area contributed by atoms with Crippen molar-refractivity contribution >= 4 is 0 Å². The Balaban J connectivity index is 1.53. The predicted octanol–water partition coefficient (Wildman–Crippen LogP) is 6.16. The van der Waals surface area contributed by atoms with Crippen LogP contribution < -0.4 is 5.73 Å². The van der Waals surface area contributed by atoms with E-state index in [1.807, 2.05) is 0 Å². The van der Waals surface area contributed by atoms with Gasteiger partial charge in [-0.25, -0.2) is 0 Å². The second-order valence-corrected chi connectivity index (χ2v) is 10.8. The molecule has 0 aliphatic heterocycles. The molecule has 0 heterocycles. The first-order valence-corrected chi connectivity index (χ1v) is 11.2. The minimum Gasteiger partial charge on any atom is -0.328 e. The van der Waals surface area contributed by atoms with Crippen molar-refractivity contribution in [2.24, 2.45) is 46.2 Å². The van der Waals surface area contributed by atoms with Crippen LogP contribution in [0.1, 0.15) is 97.8 Å². The van der Waals surface area contributed by atoms with Gasteiger partial charge in [0.15, 0.2) is 0 Å². The van der Waals surface area contributed by atoms with Crippen molar-refractivity contribution in [1.82, 2.24) is 0 Å². The average Bonchev–Trinajstić information content (AvgIpc) is 2.89. The van der Waals surface area contributed by atoms with E-state index in [0.717, 1.165) is 29.6 Å². The monoisotopic (exact) mass is 331 g/mol. The van der Waals surface area contributed by atoms with Crippen LogP contribution >= 0.6 is 0 Å². The molecule has 24 heavy (non-hydrogen) atoms. The molecule has 4 rings (SSSR count). The van der Waals surface area contributed by atoms with Crippen molar-refractivity contribution in [2.75, 3.05) is 0 Å². The SMILES string of the molecule is CC(N)CCC1CCC2C3CCC4CCCCC4(C)C3CCC12C. The van der Waals surface area contributed by atoms with Crippen molar-refractivity contribution in [3.8, 4) is 0 Å². The second-order valence-electron chi connectivity index (χ2n) is 10.8. The Morgan fingerprint density at radius 2 is 1.67 bits per heavy atom. The van der Waals surface area contributed by atoms with E-state index in [1.165, 1.54) is 51.4 Å². The molecule has 0 aromatic heterocycles. The molecule has 0 aromatic carbocycles. The van der Waals surface area contributed by atoms with Gasteiger partial charge in [-0.2, -0.15) is 0 Å². The summed E-state index contributed by atoms with van der Waals surface area (Å²) in [6.07, 6.45) is 17.9. The van der Waals surface area contributed by atoms with Crippen LogP contribution in [-0.4, -0.2) is 6.04 Å². The lowest BCUT2D eigenvalue weighted by molar-refractivity contribution is -0.111. The van der Waals surface area contributed by atoms with Gasteiger partial charge < -0.3 is 5.73 Å².